The molecule has 2 aliphatic heterocycles. The lowest BCUT2D eigenvalue weighted by molar-refractivity contribution is -0.181. The van der Waals surface area contributed by atoms with Gasteiger partial charge in [-0.15, -0.1) is 0 Å². The Morgan fingerprint density at radius 2 is 1.39 bits per heavy atom. The molecule has 2 aromatic heterocycles. The number of primary amides is 1. The van der Waals surface area contributed by atoms with Crippen molar-refractivity contribution in [1.29, 1.82) is 0 Å². The van der Waals surface area contributed by atoms with Crippen molar-refractivity contribution in [2.75, 3.05) is 112 Å². The topological polar surface area (TPSA) is 295 Å². The first-order valence-corrected chi connectivity index (χ1v) is 35.3. The Balaban J connectivity index is 0.852. The van der Waals surface area contributed by atoms with E-state index < -0.39 is 41.6 Å². The number of fused-ring (bicyclic) bond motifs is 1. The van der Waals surface area contributed by atoms with Crippen molar-refractivity contribution >= 4 is 52.3 Å². The van der Waals surface area contributed by atoms with Gasteiger partial charge in [0.15, 0.2) is 11.6 Å². The van der Waals surface area contributed by atoms with Crippen LogP contribution >= 0.6 is 0 Å². The Morgan fingerprint density at radius 3 is 2.07 bits per heavy atom. The van der Waals surface area contributed by atoms with Crippen LogP contribution in [0.5, 0.6) is 5.75 Å². The fourth-order valence-electron chi connectivity index (χ4n) is 12.3. The van der Waals surface area contributed by atoms with Crippen LogP contribution in [0.15, 0.2) is 54.7 Å². The number of unbranched alkanes of at least 4 members (excludes halogenated alkanes) is 4. The number of morpholine rings is 1. The number of carbonyl (C=O) groups excluding carboxylic acids is 7. The van der Waals surface area contributed by atoms with Crippen molar-refractivity contribution in [3.05, 3.63) is 88.5 Å². The molecule has 0 saturated carbocycles. The van der Waals surface area contributed by atoms with Crippen LogP contribution in [0.25, 0.3) is 11.0 Å². The fourth-order valence-corrected chi connectivity index (χ4v) is 12.3. The van der Waals surface area contributed by atoms with Crippen LogP contribution in [0.2, 0.25) is 0 Å². The van der Waals surface area contributed by atoms with E-state index in [9.17, 15) is 33.6 Å². The summed E-state index contributed by atoms with van der Waals surface area (Å²) in [6.07, 6.45) is 11.2. The minimum absolute atomic E-state index is 0.00409. The number of urea groups is 1. The van der Waals surface area contributed by atoms with Gasteiger partial charge in [0, 0.05) is 89.6 Å². The van der Waals surface area contributed by atoms with Gasteiger partial charge >= 0.3 is 12.1 Å². The predicted octanol–water partition coefficient (Wildman–Crippen LogP) is 8.15. The zero-order valence-corrected chi connectivity index (χ0v) is 59.2. The summed E-state index contributed by atoms with van der Waals surface area (Å²) in [6.45, 7) is 22.2. The number of Topliss-reactive ketones (excluding diaryl/α,β-unsaturated/α-hetero) is 3. The van der Waals surface area contributed by atoms with Gasteiger partial charge in [-0.2, -0.15) is 0 Å². The SMILES string of the molecule is CCCCCCc1nc(C)nc2ccn(Cc3ccc(CN4CC5(C4)CN(C(=O)OCc4ccc(CC(=O)[C@H](CCCNC(N)=O)NC(=O)[C@@H](CC(=O)CCOCCOCCOCCOCCCC(=O)[C@@H](CCCCNCC(C)C)NC(C)=O)C(C)C)cc4)CCO5)cc3OC)c12. The highest BCUT2D eigenvalue weighted by molar-refractivity contribution is 5.93. The number of ketones is 3. The zero-order valence-electron chi connectivity index (χ0n) is 59.2. The number of ether oxygens (including phenoxy) is 7. The van der Waals surface area contributed by atoms with Crippen LogP contribution in [0, 0.1) is 24.7 Å². The molecular weight excluding hydrogens is 1240 g/mol. The lowest BCUT2D eigenvalue weighted by Crippen LogP contribution is -2.70. The zero-order chi connectivity index (χ0) is 70.0. The second-order valence-electron chi connectivity index (χ2n) is 26.7. The molecule has 1 spiro atoms. The molecule has 538 valence electrons. The summed E-state index contributed by atoms with van der Waals surface area (Å²) >= 11 is 0. The van der Waals surface area contributed by atoms with Gasteiger partial charge in [0.2, 0.25) is 11.8 Å². The van der Waals surface area contributed by atoms with Crippen molar-refractivity contribution in [1.82, 2.24) is 45.6 Å². The average molecular weight is 1350 g/mol. The molecular formula is C73H112N10O14. The number of aromatic nitrogens is 3. The highest BCUT2D eigenvalue weighted by Gasteiger charge is 2.48. The minimum Gasteiger partial charge on any atom is -0.496 e. The molecule has 0 unspecified atom stereocenters. The second kappa shape index (κ2) is 42.8. The summed E-state index contributed by atoms with van der Waals surface area (Å²) in [5.41, 5.74) is 11.6. The van der Waals surface area contributed by atoms with E-state index in [1.54, 1.807) is 24.1 Å². The predicted molar refractivity (Wildman–Crippen MR) is 371 cm³/mol. The molecule has 2 saturated heterocycles. The molecule has 24 nitrogen and oxygen atoms in total. The summed E-state index contributed by atoms with van der Waals surface area (Å²) in [5.74, 6) is 0.296. The highest BCUT2D eigenvalue weighted by atomic mass is 16.6. The van der Waals surface area contributed by atoms with Crippen LogP contribution in [-0.2, 0) is 84.9 Å². The van der Waals surface area contributed by atoms with Crippen LogP contribution in [0.1, 0.15) is 159 Å². The normalized spacial score (nSPS) is 14.7. The Kier molecular flexibility index (Phi) is 34.9. The Hall–Kier alpha value is -6.93. The van der Waals surface area contributed by atoms with Crippen LogP contribution in [0.3, 0.4) is 0 Å². The van der Waals surface area contributed by atoms with Crippen molar-refractivity contribution in [2.45, 2.75) is 182 Å². The maximum Gasteiger partial charge on any atom is 0.410 e. The molecule has 97 heavy (non-hydrogen) atoms. The molecule has 2 fully saturated rings. The van der Waals surface area contributed by atoms with E-state index in [1.165, 1.54) is 26.2 Å². The van der Waals surface area contributed by atoms with Gasteiger partial charge in [-0.3, -0.25) is 28.9 Å². The van der Waals surface area contributed by atoms with E-state index in [-0.39, 0.29) is 81.2 Å². The average Bonchev–Trinajstić information content (AvgIpc) is 1.24. The van der Waals surface area contributed by atoms with Gasteiger partial charge in [0.1, 0.15) is 29.6 Å². The van der Waals surface area contributed by atoms with Crippen molar-refractivity contribution in [3.8, 4) is 5.75 Å². The molecule has 5 amide bonds. The van der Waals surface area contributed by atoms with E-state index in [1.807, 2.05) is 32.9 Å². The van der Waals surface area contributed by atoms with E-state index in [2.05, 4.69) is 82.0 Å². The van der Waals surface area contributed by atoms with Crippen LogP contribution in [0.4, 0.5) is 9.59 Å². The number of hydrogen-bond donors (Lipinski definition) is 5. The van der Waals surface area contributed by atoms with Crippen molar-refractivity contribution in [3.63, 3.8) is 0 Å². The third-order valence-electron chi connectivity index (χ3n) is 17.5. The molecule has 0 bridgehead atoms. The molecule has 2 aromatic carbocycles. The summed E-state index contributed by atoms with van der Waals surface area (Å²) in [7, 11) is 1.71. The number of nitrogens with zero attached hydrogens (tertiary/aromatic N) is 5. The molecule has 0 aliphatic carbocycles. The number of rotatable bonds is 49. The molecule has 0 radical (unpaired) electrons. The number of nitrogens with two attached hydrogens (primary N) is 1. The Morgan fingerprint density at radius 1 is 0.711 bits per heavy atom. The van der Waals surface area contributed by atoms with Gasteiger partial charge in [0.05, 0.1) is 102 Å². The lowest BCUT2D eigenvalue weighted by Gasteiger charge is -2.53. The van der Waals surface area contributed by atoms with Crippen LogP contribution in [-0.4, -0.2) is 196 Å². The smallest absolute Gasteiger partial charge is 0.410 e. The Labute approximate surface area is 574 Å². The third kappa shape index (κ3) is 28.4. The summed E-state index contributed by atoms with van der Waals surface area (Å²) < 4.78 is 42.8. The van der Waals surface area contributed by atoms with Crippen LogP contribution < -0.4 is 31.7 Å². The number of benzene rings is 2. The number of aryl methyl sites for hydroxylation is 2. The molecule has 4 heterocycles. The molecule has 6 N–H and O–H groups in total. The van der Waals surface area contributed by atoms with Crippen molar-refractivity contribution < 1.29 is 66.7 Å². The first kappa shape index (κ1) is 79.1. The van der Waals surface area contributed by atoms with Crippen molar-refractivity contribution in [2.24, 2.45) is 23.5 Å². The van der Waals surface area contributed by atoms with Gasteiger partial charge < -0.3 is 69.6 Å². The van der Waals surface area contributed by atoms with E-state index in [0.717, 1.165) is 83.8 Å². The third-order valence-corrected chi connectivity index (χ3v) is 17.5. The molecule has 24 heteroatoms. The molecule has 4 aromatic rings. The van der Waals surface area contributed by atoms with Gasteiger partial charge in [-0.25, -0.2) is 19.6 Å². The summed E-state index contributed by atoms with van der Waals surface area (Å²) in [5, 5.41) is 11.7. The van der Waals surface area contributed by atoms with E-state index >= 15 is 0 Å². The fraction of sp³-hybridized carbons (Fsp3) is 0.658. The maximum absolute atomic E-state index is 13.9. The summed E-state index contributed by atoms with van der Waals surface area (Å²) in [6, 6.07) is 13.6. The van der Waals surface area contributed by atoms with Gasteiger partial charge in [-0.1, -0.05) is 90.3 Å². The molecule has 2 aliphatic rings. The number of hydrogen-bond acceptors (Lipinski definition) is 18. The largest absolute Gasteiger partial charge is 0.496 e. The summed E-state index contributed by atoms with van der Waals surface area (Å²) in [4.78, 5) is 104. The number of methoxy groups -OCH3 is 1. The van der Waals surface area contributed by atoms with Gasteiger partial charge in [0.25, 0.3) is 0 Å². The van der Waals surface area contributed by atoms with Gasteiger partial charge in [-0.05, 0) is 112 Å². The van der Waals surface area contributed by atoms with E-state index in [4.69, 9.17) is 48.9 Å². The standard InChI is InChI=1S/C73H112N10O14/c1-9-10-11-12-18-64-69-65(78-54(6)77-64)27-31-82(69)47-59-26-25-58(43-68(59)91-8)46-81-49-73(50-81)51-83(32-35-97-73)72(90)96-48-57-23-21-56(22-24-57)42-67(87)63(19-15-30-76-71(74)89)80-70(88)61(53(4)5)44-60(85)28-34-93-37-39-95-41-40-94-38-36-92-33-16-20-66(86)62(79-55(7)84)17-13-14-29-75-45-52(2)3/h21-27,31,43,52-53,61-63,75H,9-20,28-30,32-42,44-51H2,1-8H3,(H,79,84)(H,80,88)(H3,74,76,89)/t61-,62+,63-/m0/s1. The monoisotopic (exact) mass is 1350 g/mol. The first-order chi connectivity index (χ1) is 46.7. The quantitative estimate of drug-likeness (QED) is 0.0261. The number of amides is 5. The van der Waals surface area contributed by atoms with E-state index in [0.29, 0.717) is 123 Å². The number of likely N-dealkylation sites (tertiary alicyclic amines) is 1. The Bertz CT molecular complexity index is 3080. The lowest BCUT2D eigenvalue weighted by atomic mass is 9.88. The number of carbonyl (C=O) groups is 7. The highest BCUT2D eigenvalue weighted by Crippen LogP contribution is 2.33. The first-order valence-electron chi connectivity index (χ1n) is 35.3. The molecule has 3 atom stereocenters. The molecule has 6 rings (SSSR count). The number of nitrogens with one attached hydrogen (secondary N) is 4. The maximum atomic E-state index is 13.9. The second-order valence-corrected chi connectivity index (χ2v) is 26.7. The minimum atomic E-state index is -0.898.